The van der Waals surface area contributed by atoms with Crippen molar-refractivity contribution in [3.63, 3.8) is 0 Å². The van der Waals surface area contributed by atoms with Crippen LogP contribution in [0.1, 0.15) is 12.3 Å². The van der Waals surface area contributed by atoms with Gasteiger partial charge in [0.2, 0.25) is 5.89 Å². The van der Waals surface area contributed by atoms with Gasteiger partial charge in [-0.15, -0.1) is 0 Å². The Balaban J connectivity index is 1.68. The molecule has 0 atom stereocenters. The quantitative estimate of drug-likeness (QED) is 0.914. The molecule has 1 N–H and O–H groups in total. The molecule has 0 amide bonds. The third-order valence-corrected chi connectivity index (χ3v) is 3.40. The van der Waals surface area contributed by atoms with Crippen molar-refractivity contribution in [3.8, 4) is 11.3 Å². The van der Waals surface area contributed by atoms with Crippen LogP contribution in [0.2, 0.25) is 0 Å². The molecule has 4 nitrogen and oxygen atoms in total. The van der Waals surface area contributed by atoms with E-state index in [1.165, 1.54) is 6.42 Å². The SMILES string of the molecule is c1ccc(-c2cnc(CN3CCCNCC3)o2)cc1. The molecule has 0 bridgehead atoms. The van der Waals surface area contributed by atoms with E-state index < -0.39 is 0 Å². The molecule has 0 aliphatic carbocycles. The molecule has 2 aromatic rings. The van der Waals surface area contributed by atoms with Gasteiger partial charge in [-0.1, -0.05) is 30.3 Å². The Morgan fingerprint density at radius 1 is 1.16 bits per heavy atom. The summed E-state index contributed by atoms with van der Waals surface area (Å²) >= 11 is 0. The minimum Gasteiger partial charge on any atom is -0.439 e. The first-order chi connectivity index (χ1) is 9.42. The number of benzene rings is 1. The molecule has 100 valence electrons. The number of hydrogen-bond donors (Lipinski definition) is 1. The molecule has 0 unspecified atom stereocenters. The molecule has 0 radical (unpaired) electrons. The third kappa shape index (κ3) is 3.22. The molecule has 2 heterocycles. The maximum Gasteiger partial charge on any atom is 0.209 e. The molecule has 0 spiro atoms. The molecule has 1 aliphatic rings. The number of hydrogen-bond acceptors (Lipinski definition) is 4. The van der Waals surface area contributed by atoms with Crippen LogP contribution in [0.25, 0.3) is 11.3 Å². The first-order valence-electron chi connectivity index (χ1n) is 6.85. The summed E-state index contributed by atoms with van der Waals surface area (Å²) in [6, 6.07) is 10.1. The van der Waals surface area contributed by atoms with Gasteiger partial charge in [-0.2, -0.15) is 0 Å². The Hall–Kier alpha value is -1.65. The van der Waals surface area contributed by atoms with Crippen molar-refractivity contribution in [1.29, 1.82) is 0 Å². The Bertz CT molecular complexity index is 501. The van der Waals surface area contributed by atoms with Crippen molar-refractivity contribution in [3.05, 3.63) is 42.4 Å². The fourth-order valence-corrected chi connectivity index (χ4v) is 2.37. The molecule has 0 saturated carbocycles. The van der Waals surface area contributed by atoms with Crippen LogP contribution in [-0.2, 0) is 6.54 Å². The lowest BCUT2D eigenvalue weighted by molar-refractivity contribution is 0.255. The van der Waals surface area contributed by atoms with Crippen molar-refractivity contribution in [1.82, 2.24) is 15.2 Å². The zero-order valence-corrected chi connectivity index (χ0v) is 11.0. The normalized spacial score (nSPS) is 17.3. The Labute approximate surface area is 113 Å². The van der Waals surface area contributed by atoms with Crippen molar-refractivity contribution in [2.75, 3.05) is 26.2 Å². The van der Waals surface area contributed by atoms with Crippen LogP contribution in [0.5, 0.6) is 0 Å². The highest BCUT2D eigenvalue weighted by atomic mass is 16.4. The van der Waals surface area contributed by atoms with E-state index in [9.17, 15) is 0 Å². The van der Waals surface area contributed by atoms with Crippen LogP contribution in [0.4, 0.5) is 0 Å². The van der Waals surface area contributed by atoms with Crippen molar-refractivity contribution in [2.45, 2.75) is 13.0 Å². The maximum atomic E-state index is 5.84. The van der Waals surface area contributed by atoms with Gasteiger partial charge in [0.05, 0.1) is 12.7 Å². The summed E-state index contributed by atoms with van der Waals surface area (Å²) in [5, 5.41) is 3.40. The first kappa shape index (κ1) is 12.4. The molecule has 1 saturated heterocycles. The van der Waals surface area contributed by atoms with Gasteiger partial charge in [0.15, 0.2) is 5.76 Å². The smallest absolute Gasteiger partial charge is 0.209 e. The second kappa shape index (κ2) is 5.99. The van der Waals surface area contributed by atoms with Crippen LogP contribution in [-0.4, -0.2) is 36.1 Å². The van der Waals surface area contributed by atoms with Gasteiger partial charge >= 0.3 is 0 Å². The molecule has 1 aliphatic heterocycles. The van der Waals surface area contributed by atoms with E-state index in [-0.39, 0.29) is 0 Å². The Kier molecular flexibility index (Phi) is 3.91. The lowest BCUT2D eigenvalue weighted by Crippen LogP contribution is -2.27. The van der Waals surface area contributed by atoms with E-state index in [2.05, 4.69) is 15.2 Å². The van der Waals surface area contributed by atoms with E-state index in [1.807, 2.05) is 36.5 Å². The van der Waals surface area contributed by atoms with E-state index in [0.29, 0.717) is 0 Å². The summed E-state index contributed by atoms with van der Waals surface area (Å²) in [5.74, 6) is 1.66. The van der Waals surface area contributed by atoms with E-state index in [4.69, 9.17) is 4.42 Å². The van der Waals surface area contributed by atoms with Gasteiger partial charge in [0.1, 0.15) is 0 Å². The highest BCUT2D eigenvalue weighted by molar-refractivity contribution is 5.55. The predicted molar refractivity (Wildman–Crippen MR) is 74.7 cm³/mol. The lowest BCUT2D eigenvalue weighted by Gasteiger charge is -2.16. The molecule has 19 heavy (non-hydrogen) atoms. The lowest BCUT2D eigenvalue weighted by atomic mass is 10.2. The van der Waals surface area contributed by atoms with Gasteiger partial charge in [0.25, 0.3) is 0 Å². The minimum absolute atomic E-state index is 0.800. The van der Waals surface area contributed by atoms with Crippen molar-refractivity contribution < 1.29 is 4.42 Å². The van der Waals surface area contributed by atoms with Gasteiger partial charge in [-0.05, 0) is 19.5 Å². The summed E-state index contributed by atoms with van der Waals surface area (Å²) in [4.78, 5) is 6.78. The fourth-order valence-electron chi connectivity index (χ4n) is 2.37. The first-order valence-corrected chi connectivity index (χ1v) is 6.85. The van der Waals surface area contributed by atoms with Crippen LogP contribution in [0, 0.1) is 0 Å². The van der Waals surface area contributed by atoms with Crippen LogP contribution < -0.4 is 5.32 Å². The number of rotatable bonds is 3. The highest BCUT2D eigenvalue weighted by Crippen LogP contribution is 2.20. The molecule has 3 rings (SSSR count). The molecular formula is C15H19N3O. The van der Waals surface area contributed by atoms with Gasteiger partial charge in [-0.25, -0.2) is 4.98 Å². The van der Waals surface area contributed by atoms with Crippen LogP contribution >= 0.6 is 0 Å². The summed E-state index contributed by atoms with van der Waals surface area (Å²) in [5.41, 5.74) is 1.08. The molecule has 1 aromatic heterocycles. The van der Waals surface area contributed by atoms with Crippen molar-refractivity contribution in [2.24, 2.45) is 0 Å². The van der Waals surface area contributed by atoms with Gasteiger partial charge < -0.3 is 9.73 Å². The molecule has 1 fully saturated rings. The summed E-state index contributed by atoms with van der Waals surface area (Å²) in [6.45, 7) is 5.12. The topological polar surface area (TPSA) is 41.3 Å². The van der Waals surface area contributed by atoms with E-state index in [0.717, 1.165) is 49.9 Å². The molecular weight excluding hydrogens is 238 g/mol. The van der Waals surface area contributed by atoms with Gasteiger partial charge in [-0.3, -0.25) is 4.90 Å². The third-order valence-electron chi connectivity index (χ3n) is 3.40. The number of nitrogens with one attached hydrogen (secondary N) is 1. The summed E-state index contributed by atoms with van der Waals surface area (Å²) in [7, 11) is 0. The largest absolute Gasteiger partial charge is 0.439 e. The Morgan fingerprint density at radius 3 is 2.95 bits per heavy atom. The molecule has 4 heteroatoms. The zero-order chi connectivity index (χ0) is 12.9. The number of aromatic nitrogens is 1. The maximum absolute atomic E-state index is 5.84. The van der Waals surface area contributed by atoms with E-state index >= 15 is 0 Å². The second-order valence-electron chi connectivity index (χ2n) is 4.86. The fraction of sp³-hybridized carbons (Fsp3) is 0.400. The standard InChI is InChI=1S/C15H19N3O/c1-2-5-13(6-3-1)14-11-17-15(19-14)12-18-9-4-7-16-8-10-18/h1-3,5-6,11,16H,4,7-10,12H2. The van der Waals surface area contributed by atoms with Crippen LogP contribution in [0.15, 0.2) is 40.9 Å². The second-order valence-corrected chi connectivity index (χ2v) is 4.86. The highest BCUT2D eigenvalue weighted by Gasteiger charge is 2.12. The predicted octanol–water partition coefficient (Wildman–Crippen LogP) is 2.14. The zero-order valence-electron chi connectivity index (χ0n) is 11.0. The number of nitrogens with zero attached hydrogens (tertiary/aromatic N) is 2. The average Bonchev–Trinajstić information content (AvgIpc) is 2.76. The summed E-state index contributed by atoms with van der Waals surface area (Å²) in [6.07, 6.45) is 3.01. The Morgan fingerprint density at radius 2 is 2.05 bits per heavy atom. The average molecular weight is 257 g/mol. The minimum atomic E-state index is 0.800. The van der Waals surface area contributed by atoms with Gasteiger partial charge in [0, 0.05) is 18.7 Å². The van der Waals surface area contributed by atoms with Crippen LogP contribution in [0.3, 0.4) is 0 Å². The number of oxazole rings is 1. The summed E-state index contributed by atoms with van der Waals surface area (Å²) < 4.78 is 5.84. The monoisotopic (exact) mass is 257 g/mol. The molecule has 1 aromatic carbocycles. The van der Waals surface area contributed by atoms with Crippen molar-refractivity contribution >= 4 is 0 Å². The van der Waals surface area contributed by atoms with E-state index in [1.54, 1.807) is 0 Å².